The Morgan fingerprint density at radius 2 is 2.16 bits per heavy atom. The first kappa shape index (κ1) is 14.3. The highest BCUT2D eigenvalue weighted by Crippen LogP contribution is 2.27. The van der Waals surface area contributed by atoms with Crippen molar-refractivity contribution in [2.75, 3.05) is 19.8 Å². The second kappa shape index (κ2) is 5.11. The fraction of sp³-hybridized carbons (Fsp3) is 0.538. The van der Waals surface area contributed by atoms with Gasteiger partial charge in [-0.15, -0.1) is 0 Å². The molecule has 1 fully saturated rings. The topological polar surface area (TPSA) is 76.1 Å². The molecule has 0 saturated carbocycles. The van der Waals surface area contributed by atoms with Crippen LogP contribution in [0.5, 0.6) is 5.75 Å². The fourth-order valence-electron chi connectivity index (χ4n) is 1.49. The van der Waals surface area contributed by atoms with E-state index in [1.165, 1.54) is 26.0 Å². The highest BCUT2D eigenvalue weighted by Gasteiger charge is 2.35. The molecule has 0 amide bonds. The smallest absolute Gasteiger partial charge is 0.185 e. The van der Waals surface area contributed by atoms with Crippen LogP contribution >= 0.6 is 0 Å². The predicted molar refractivity (Wildman–Crippen MR) is 70.0 cm³/mol. The Balaban J connectivity index is 2.21. The summed E-state index contributed by atoms with van der Waals surface area (Å²) in [6, 6.07) is 6.32. The minimum Gasteiger partial charge on any atom is -0.491 e. The van der Waals surface area contributed by atoms with E-state index in [-0.39, 0.29) is 11.0 Å². The van der Waals surface area contributed by atoms with Gasteiger partial charge in [-0.1, -0.05) is 6.07 Å². The number of benzene rings is 1. The maximum Gasteiger partial charge on any atom is 0.185 e. The summed E-state index contributed by atoms with van der Waals surface area (Å²) in [5.74, 6) is 0.491. The Morgan fingerprint density at radius 1 is 1.47 bits per heavy atom. The van der Waals surface area contributed by atoms with E-state index in [0.29, 0.717) is 19.0 Å². The van der Waals surface area contributed by atoms with Crippen LogP contribution in [0.25, 0.3) is 0 Å². The number of aliphatic hydroxyl groups is 1. The zero-order chi connectivity index (χ0) is 14.1. The molecular formula is C13H18O5S. The van der Waals surface area contributed by atoms with Crippen LogP contribution in [0, 0.1) is 0 Å². The fourth-order valence-corrected chi connectivity index (χ4v) is 2.83. The maximum atomic E-state index is 12.3. The van der Waals surface area contributed by atoms with Crippen molar-refractivity contribution in [3.63, 3.8) is 0 Å². The summed E-state index contributed by atoms with van der Waals surface area (Å²) in [7, 11) is -3.60. The second-order valence-corrected chi connectivity index (χ2v) is 7.75. The van der Waals surface area contributed by atoms with E-state index >= 15 is 0 Å². The van der Waals surface area contributed by atoms with E-state index in [9.17, 15) is 13.5 Å². The first-order valence-corrected chi connectivity index (χ1v) is 7.55. The van der Waals surface area contributed by atoms with E-state index < -0.39 is 21.2 Å². The molecule has 19 heavy (non-hydrogen) atoms. The number of rotatable bonds is 6. The summed E-state index contributed by atoms with van der Waals surface area (Å²) in [5.41, 5.74) is 0. The monoisotopic (exact) mass is 286 g/mol. The molecule has 1 aromatic rings. The summed E-state index contributed by atoms with van der Waals surface area (Å²) in [6.07, 6.45) is 0.120. The van der Waals surface area contributed by atoms with Gasteiger partial charge in [-0.05, 0) is 32.0 Å². The molecule has 1 N–H and O–H groups in total. The quantitative estimate of drug-likeness (QED) is 0.790. The Hall–Kier alpha value is -1.11. The van der Waals surface area contributed by atoms with E-state index in [4.69, 9.17) is 9.47 Å². The molecule has 1 heterocycles. The number of epoxide rings is 1. The maximum absolute atomic E-state index is 12.3. The molecule has 1 atom stereocenters. The lowest BCUT2D eigenvalue weighted by molar-refractivity contribution is 0.257. The molecule has 2 rings (SSSR count). The Morgan fingerprint density at radius 3 is 2.74 bits per heavy atom. The molecule has 0 bridgehead atoms. The molecule has 1 aromatic carbocycles. The third kappa shape index (κ3) is 3.08. The summed E-state index contributed by atoms with van der Waals surface area (Å²) >= 11 is 0. The van der Waals surface area contributed by atoms with E-state index in [1.54, 1.807) is 12.1 Å². The molecule has 0 aromatic heterocycles. The van der Waals surface area contributed by atoms with Gasteiger partial charge in [-0.25, -0.2) is 8.42 Å². The van der Waals surface area contributed by atoms with E-state index in [0.717, 1.165) is 0 Å². The van der Waals surface area contributed by atoms with Gasteiger partial charge < -0.3 is 14.6 Å². The van der Waals surface area contributed by atoms with Gasteiger partial charge >= 0.3 is 0 Å². The second-order valence-electron chi connectivity index (χ2n) is 5.16. The Bertz CT molecular complexity index is 546. The van der Waals surface area contributed by atoms with E-state index in [2.05, 4.69) is 0 Å². The molecular weight excluding hydrogens is 268 g/mol. The van der Waals surface area contributed by atoms with Crippen molar-refractivity contribution in [3.05, 3.63) is 24.3 Å². The number of ether oxygens (including phenoxy) is 2. The van der Waals surface area contributed by atoms with Gasteiger partial charge in [0.05, 0.1) is 22.9 Å². The van der Waals surface area contributed by atoms with Crippen molar-refractivity contribution in [2.24, 2.45) is 0 Å². The molecule has 1 aliphatic rings. The summed E-state index contributed by atoms with van der Waals surface area (Å²) in [6.45, 7) is 3.67. The highest BCUT2D eigenvalue weighted by molar-refractivity contribution is 7.92. The summed E-state index contributed by atoms with van der Waals surface area (Å²) < 4.78 is 34.0. The molecule has 1 saturated heterocycles. The highest BCUT2D eigenvalue weighted by atomic mass is 32.2. The third-order valence-corrected chi connectivity index (χ3v) is 5.52. The van der Waals surface area contributed by atoms with Crippen molar-refractivity contribution in [2.45, 2.75) is 29.6 Å². The van der Waals surface area contributed by atoms with Crippen LogP contribution < -0.4 is 4.74 Å². The number of aliphatic hydroxyl groups excluding tert-OH is 1. The molecule has 1 aliphatic heterocycles. The molecule has 5 nitrogen and oxygen atoms in total. The third-order valence-electron chi connectivity index (χ3n) is 3.06. The molecule has 6 heteroatoms. The summed E-state index contributed by atoms with van der Waals surface area (Å²) in [5, 5.41) is 9.22. The van der Waals surface area contributed by atoms with Crippen LogP contribution in [0.3, 0.4) is 0 Å². The van der Waals surface area contributed by atoms with Crippen molar-refractivity contribution in [1.82, 2.24) is 0 Å². The van der Waals surface area contributed by atoms with Gasteiger partial charge in [-0.3, -0.25) is 0 Å². The first-order chi connectivity index (χ1) is 8.87. The van der Waals surface area contributed by atoms with Crippen LogP contribution in [-0.2, 0) is 14.6 Å². The zero-order valence-corrected chi connectivity index (χ0v) is 11.8. The van der Waals surface area contributed by atoms with Crippen LogP contribution in [0.2, 0.25) is 0 Å². The van der Waals surface area contributed by atoms with Gasteiger partial charge in [0.1, 0.15) is 18.5 Å². The zero-order valence-electron chi connectivity index (χ0n) is 11.0. The lowest BCUT2D eigenvalue weighted by Gasteiger charge is -2.22. The van der Waals surface area contributed by atoms with Crippen molar-refractivity contribution >= 4 is 9.84 Å². The van der Waals surface area contributed by atoms with Crippen LogP contribution in [0.15, 0.2) is 29.2 Å². The van der Waals surface area contributed by atoms with Crippen molar-refractivity contribution < 1.29 is 23.0 Å². The number of hydrogen-bond donors (Lipinski definition) is 1. The van der Waals surface area contributed by atoms with Crippen LogP contribution in [0.4, 0.5) is 0 Å². The van der Waals surface area contributed by atoms with Gasteiger partial charge in [0, 0.05) is 0 Å². The molecule has 0 spiro atoms. The first-order valence-electron chi connectivity index (χ1n) is 6.07. The van der Waals surface area contributed by atoms with Gasteiger partial charge in [0.25, 0.3) is 0 Å². The van der Waals surface area contributed by atoms with E-state index in [1.807, 2.05) is 0 Å². The largest absolute Gasteiger partial charge is 0.491 e. The Labute approximate surface area is 113 Å². The van der Waals surface area contributed by atoms with Gasteiger partial charge in [-0.2, -0.15) is 0 Å². The average molecular weight is 286 g/mol. The van der Waals surface area contributed by atoms with Crippen molar-refractivity contribution in [3.8, 4) is 5.75 Å². The minimum absolute atomic E-state index is 0.120. The van der Waals surface area contributed by atoms with Gasteiger partial charge in [0.15, 0.2) is 9.84 Å². The molecule has 0 unspecified atom stereocenters. The summed E-state index contributed by atoms with van der Waals surface area (Å²) in [4.78, 5) is 0.153. The average Bonchev–Trinajstić information content (AvgIpc) is 3.20. The lowest BCUT2D eigenvalue weighted by atomic mass is 10.2. The number of sulfone groups is 1. The molecule has 106 valence electrons. The number of hydrogen-bond acceptors (Lipinski definition) is 5. The molecule has 0 aliphatic carbocycles. The Kier molecular flexibility index (Phi) is 3.85. The van der Waals surface area contributed by atoms with Crippen LogP contribution in [-0.4, -0.2) is 44.2 Å². The SMILES string of the molecule is CC(C)(CO)S(=O)(=O)c1cccc(OC[C@@H]2CO2)c1. The standard InChI is InChI=1S/C13H18O5S/c1-13(2,9-14)19(15,16)12-5-3-4-10(6-12)17-7-11-8-18-11/h3-6,11,14H,7-9H2,1-2H3/t11-/m1/s1. The minimum atomic E-state index is -3.60. The normalized spacial score (nSPS) is 19.2. The van der Waals surface area contributed by atoms with Gasteiger partial charge in [0.2, 0.25) is 0 Å². The van der Waals surface area contributed by atoms with Crippen molar-refractivity contribution in [1.29, 1.82) is 0 Å². The molecule has 0 radical (unpaired) electrons. The van der Waals surface area contributed by atoms with Crippen LogP contribution in [0.1, 0.15) is 13.8 Å². The lowest BCUT2D eigenvalue weighted by Crippen LogP contribution is -2.35. The predicted octanol–water partition coefficient (Wildman–Crippen LogP) is 1.01.